The van der Waals surface area contributed by atoms with E-state index in [1.54, 1.807) is 12.1 Å². The molecule has 0 fully saturated rings. The highest BCUT2D eigenvalue weighted by Crippen LogP contribution is 2.21. The van der Waals surface area contributed by atoms with E-state index in [-0.39, 0.29) is 0 Å². The number of H-pyrrole nitrogens is 1. The van der Waals surface area contributed by atoms with Crippen LogP contribution in [0.15, 0.2) is 42.5 Å². The minimum atomic E-state index is 0.531. The zero-order chi connectivity index (χ0) is 13.2. The molecule has 0 bridgehead atoms. The predicted molar refractivity (Wildman–Crippen MR) is 74.8 cm³/mol. The number of imidazole rings is 1. The average Bonchev–Trinajstić information content (AvgIpc) is 2.90. The summed E-state index contributed by atoms with van der Waals surface area (Å²) in [4.78, 5) is 18.5. The Balaban J connectivity index is 2.06. The molecular weight excluding hydrogens is 238 g/mol. The molecule has 3 N–H and O–H groups in total. The minimum Gasteiger partial charge on any atom is -0.338 e. The van der Waals surface area contributed by atoms with Crippen LogP contribution >= 0.6 is 0 Å². The van der Waals surface area contributed by atoms with Crippen molar-refractivity contribution in [2.45, 2.75) is 6.54 Å². The number of aldehydes is 1. The summed E-state index contributed by atoms with van der Waals surface area (Å²) in [5.74, 6) is 0.793. The fourth-order valence-electron chi connectivity index (χ4n) is 2.04. The number of fused-ring (bicyclic) bond motifs is 1. The SMILES string of the molecule is NCc1ccc(-c2nc3ccc(C=O)cc3[nH]2)cc1. The topological polar surface area (TPSA) is 71.8 Å². The summed E-state index contributed by atoms with van der Waals surface area (Å²) < 4.78 is 0. The fourth-order valence-corrected chi connectivity index (χ4v) is 2.04. The summed E-state index contributed by atoms with van der Waals surface area (Å²) in [6.07, 6.45) is 0.829. The van der Waals surface area contributed by atoms with Crippen molar-refractivity contribution in [3.8, 4) is 11.4 Å². The van der Waals surface area contributed by atoms with Gasteiger partial charge in [0.25, 0.3) is 0 Å². The fraction of sp³-hybridized carbons (Fsp3) is 0.0667. The van der Waals surface area contributed by atoms with Crippen LogP contribution in [0.5, 0.6) is 0 Å². The molecule has 0 saturated heterocycles. The summed E-state index contributed by atoms with van der Waals surface area (Å²) in [6, 6.07) is 13.3. The van der Waals surface area contributed by atoms with E-state index in [0.717, 1.165) is 34.3 Å². The second-order valence-corrected chi connectivity index (χ2v) is 4.38. The number of hydrogen-bond donors (Lipinski definition) is 2. The van der Waals surface area contributed by atoms with E-state index in [4.69, 9.17) is 5.73 Å². The van der Waals surface area contributed by atoms with Gasteiger partial charge < -0.3 is 10.7 Å². The average molecular weight is 251 g/mol. The molecule has 3 rings (SSSR count). The Hall–Kier alpha value is -2.46. The number of nitrogens with two attached hydrogens (primary N) is 1. The molecule has 0 aliphatic heterocycles. The van der Waals surface area contributed by atoms with Gasteiger partial charge in [0.05, 0.1) is 11.0 Å². The Kier molecular flexibility index (Phi) is 2.85. The maximum Gasteiger partial charge on any atom is 0.150 e. The van der Waals surface area contributed by atoms with Gasteiger partial charge in [-0.1, -0.05) is 24.3 Å². The molecule has 0 atom stereocenters. The first-order valence-corrected chi connectivity index (χ1v) is 6.04. The number of carbonyl (C=O) groups excluding carboxylic acids is 1. The van der Waals surface area contributed by atoms with Gasteiger partial charge in [0.15, 0.2) is 0 Å². The highest BCUT2D eigenvalue weighted by atomic mass is 16.1. The van der Waals surface area contributed by atoms with Gasteiger partial charge in [-0.3, -0.25) is 4.79 Å². The number of rotatable bonds is 3. The van der Waals surface area contributed by atoms with Crippen LogP contribution < -0.4 is 5.73 Å². The van der Waals surface area contributed by atoms with Crippen molar-refractivity contribution in [3.05, 3.63) is 53.6 Å². The van der Waals surface area contributed by atoms with Crippen LogP contribution in [0.2, 0.25) is 0 Å². The first kappa shape index (κ1) is 11.6. The van der Waals surface area contributed by atoms with Crippen LogP contribution in [0.3, 0.4) is 0 Å². The zero-order valence-electron chi connectivity index (χ0n) is 10.3. The summed E-state index contributed by atoms with van der Waals surface area (Å²) in [5.41, 5.74) is 10.0. The van der Waals surface area contributed by atoms with Crippen LogP contribution in [0.25, 0.3) is 22.4 Å². The molecule has 0 saturated carbocycles. The number of benzene rings is 2. The Morgan fingerprint density at radius 3 is 2.63 bits per heavy atom. The maximum atomic E-state index is 10.8. The molecular formula is C15H13N3O. The first-order chi connectivity index (χ1) is 9.30. The van der Waals surface area contributed by atoms with Gasteiger partial charge in [0.2, 0.25) is 0 Å². The van der Waals surface area contributed by atoms with E-state index in [1.807, 2.05) is 30.3 Å². The number of aromatic nitrogens is 2. The van der Waals surface area contributed by atoms with Gasteiger partial charge in [-0.2, -0.15) is 0 Å². The third-order valence-electron chi connectivity index (χ3n) is 3.11. The van der Waals surface area contributed by atoms with Crippen molar-refractivity contribution in [2.75, 3.05) is 0 Å². The lowest BCUT2D eigenvalue weighted by atomic mass is 10.1. The molecule has 19 heavy (non-hydrogen) atoms. The van der Waals surface area contributed by atoms with Crippen molar-refractivity contribution in [3.63, 3.8) is 0 Å². The predicted octanol–water partition coefficient (Wildman–Crippen LogP) is 2.50. The third-order valence-corrected chi connectivity index (χ3v) is 3.11. The van der Waals surface area contributed by atoms with Crippen LogP contribution in [0, 0.1) is 0 Å². The summed E-state index contributed by atoms with van der Waals surface area (Å²) in [6.45, 7) is 0.531. The van der Waals surface area contributed by atoms with Gasteiger partial charge in [0, 0.05) is 17.7 Å². The molecule has 0 aliphatic rings. The Morgan fingerprint density at radius 2 is 1.95 bits per heavy atom. The molecule has 1 aromatic heterocycles. The molecule has 3 aromatic rings. The molecule has 0 spiro atoms. The molecule has 0 unspecified atom stereocenters. The zero-order valence-corrected chi connectivity index (χ0v) is 10.3. The number of nitrogens with one attached hydrogen (secondary N) is 1. The number of hydrogen-bond acceptors (Lipinski definition) is 3. The standard InChI is InChI=1S/C15H13N3O/c16-8-10-1-4-12(5-2-10)15-17-13-6-3-11(9-19)7-14(13)18-15/h1-7,9H,8,16H2,(H,17,18). The summed E-state index contributed by atoms with van der Waals surface area (Å²) in [5, 5.41) is 0. The highest BCUT2D eigenvalue weighted by Gasteiger charge is 2.05. The van der Waals surface area contributed by atoms with Crippen LogP contribution in [-0.4, -0.2) is 16.3 Å². The van der Waals surface area contributed by atoms with E-state index in [2.05, 4.69) is 9.97 Å². The van der Waals surface area contributed by atoms with Gasteiger partial charge in [-0.25, -0.2) is 4.98 Å². The van der Waals surface area contributed by atoms with Gasteiger partial charge >= 0.3 is 0 Å². The molecule has 4 nitrogen and oxygen atoms in total. The summed E-state index contributed by atoms with van der Waals surface area (Å²) in [7, 11) is 0. The molecule has 94 valence electrons. The number of aromatic amines is 1. The Labute approximate surface area is 110 Å². The Morgan fingerprint density at radius 1 is 1.16 bits per heavy atom. The lowest BCUT2D eigenvalue weighted by Gasteiger charge is -1.98. The quantitative estimate of drug-likeness (QED) is 0.702. The van der Waals surface area contributed by atoms with Crippen molar-refractivity contribution < 1.29 is 4.79 Å². The molecule has 0 aliphatic carbocycles. The van der Waals surface area contributed by atoms with Gasteiger partial charge in [-0.05, 0) is 23.8 Å². The van der Waals surface area contributed by atoms with Gasteiger partial charge in [-0.15, -0.1) is 0 Å². The smallest absolute Gasteiger partial charge is 0.150 e. The minimum absolute atomic E-state index is 0.531. The molecule has 0 radical (unpaired) electrons. The summed E-state index contributed by atoms with van der Waals surface area (Å²) >= 11 is 0. The molecule has 4 heteroatoms. The van der Waals surface area contributed by atoms with Crippen molar-refractivity contribution in [1.82, 2.24) is 9.97 Å². The van der Waals surface area contributed by atoms with Crippen LogP contribution in [-0.2, 0) is 6.54 Å². The molecule has 2 aromatic carbocycles. The largest absolute Gasteiger partial charge is 0.338 e. The lowest BCUT2D eigenvalue weighted by molar-refractivity contribution is 0.112. The molecule has 1 heterocycles. The molecule has 0 amide bonds. The van der Waals surface area contributed by atoms with Crippen molar-refractivity contribution in [1.29, 1.82) is 0 Å². The lowest BCUT2D eigenvalue weighted by Crippen LogP contribution is -1.95. The van der Waals surface area contributed by atoms with E-state index in [1.165, 1.54) is 0 Å². The van der Waals surface area contributed by atoms with Gasteiger partial charge in [0.1, 0.15) is 12.1 Å². The van der Waals surface area contributed by atoms with E-state index in [9.17, 15) is 4.79 Å². The number of carbonyl (C=O) groups is 1. The van der Waals surface area contributed by atoms with E-state index >= 15 is 0 Å². The van der Waals surface area contributed by atoms with Crippen LogP contribution in [0.4, 0.5) is 0 Å². The normalized spacial score (nSPS) is 10.8. The first-order valence-electron chi connectivity index (χ1n) is 6.04. The second kappa shape index (κ2) is 4.66. The second-order valence-electron chi connectivity index (χ2n) is 4.38. The van der Waals surface area contributed by atoms with Crippen LogP contribution in [0.1, 0.15) is 15.9 Å². The highest BCUT2D eigenvalue weighted by molar-refractivity contribution is 5.86. The number of nitrogens with zero attached hydrogens (tertiary/aromatic N) is 1. The van der Waals surface area contributed by atoms with E-state index < -0.39 is 0 Å². The Bertz CT molecular complexity index is 729. The van der Waals surface area contributed by atoms with E-state index in [0.29, 0.717) is 12.1 Å². The monoisotopic (exact) mass is 251 g/mol. The third kappa shape index (κ3) is 2.13. The van der Waals surface area contributed by atoms with Crippen molar-refractivity contribution >= 4 is 17.3 Å². The van der Waals surface area contributed by atoms with Crippen molar-refractivity contribution in [2.24, 2.45) is 5.73 Å². The maximum absolute atomic E-state index is 10.8.